The summed E-state index contributed by atoms with van der Waals surface area (Å²) in [4.78, 5) is 27.7. The van der Waals surface area contributed by atoms with Gasteiger partial charge >= 0.3 is 11.9 Å². The summed E-state index contributed by atoms with van der Waals surface area (Å²) in [6.45, 7) is 3.09. The van der Waals surface area contributed by atoms with Crippen LogP contribution in [0.4, 0.5) is 0 Å². The van der Waals surface area contributed by atoms with Crippen LogP contribution < -0.4 is 0 Å². The molecular weight excluding hydrogens is 376 g/mol. The highest BCUT2D eigenvalue weighted by Crippen LogP contribution is 2.25. The molecule has 29 heavy (non-hydrogen) atoms. The fourth-order valence-corrected chi connectivity index (χ4v) is 3.36. The largest absolute Gasteiger partial charge is 0.508 e. The zero-order valence-electron chi connectivity index (χ0n) is 16.4. The summed E-state index contributed by atoms with van der Waals surface area (Å²) in [5.41, 5.74) is 2.07. The van der Waals surface area contributed by atoms with Crippen molar-refractivity contribution in [3.05, 3.63) is 58.7 Å². The van der Waals surface area contributed by atoms with Gasteiger partial charge in [-0.3, -0.25) is 9.80 Å². The van der Waals surface area contributed by atoms with Gasteiger partial charge in [-0.15, -0.1) is 0 Å². The SMILES string of the molecule is COC(=O)c1ccc(O)c(CN2CCN(Cc3cc(C(=O)OC)ccc3O)C2)c1. The molecule has 0 saturated carbocycles. The number of hydrogen-bond donors (Lipinski definition) is 2. The number of esters is 2. The van der Waals surface area contributed by atoms with Crippen LogP contribution in [-0.2, 0) is 22.6 Å². The Kier molecular flexibility index (Phi) is 6.36. The topological polar surface area (TPSA) is 99.5 Å². The number of phenolic OH excluding ortho intramolecular Hbond substituents is 2. The average Bonchev–Trinajstić information content (AvgIpc) is 3.16. The number of phenols is 2. The van der Waals surface area contributed by atoms with Crippen molar-refractivity contribution in [1.82, 2.24) is 9.80 Å². The van der Waals surface area contributed by atoms with Gasteiger partial charge in [0.25, 0.3) is 0 Å². The lowest BCUT2D eigenvalue weighted by molar-refractivity contribution is 0.0591. The van der Waals surface area contributed by atoms with Crippen LogP contribution in [0.2, 0.25) is 0 Å². The molecule has 3 rings (SSSR count). The number of rotatable bonds is 6. The molecule has 154 valence electrons. The van der Waals surface area contributed by atoms with Crippen LogP contribution in [0.1, 0.15) is 31.8 Å². The van der Waals surface area contributed by atoms with E-state index in [9.17, 15) is 19.8 Å². The van der Waals surface area contributed by atoms with Crippen LogP contribution in [0.5, 0.6) is 11.5 Å². The van der Waals surface area contributed by atoms with Gasteiger partial charge in [-0.2, -0.15) is 0 Å². The number of carbonyl (C=O) groups excluding carboxylic acids is 2. The first kappa shape index (κ1) is 20.6. The first-order chi connectivity index (χ1) is 13.9. The van der Waals surface area contributed by atoms with Gasteiger partial charge in [0.05, 0.1) is 32.0 Å². The van der Waals surface area contributed by atoms with Gasteiger partial charge in [0.15, 0.2) is 0 Å². The Balaban J connectivity index is 1.66. The molecule has 0 spiro atoms. The third-order valence-electron chi connectivity index (χ3n) is 4.92. The molecule has 0 amide bonds. The van der Waals surface area contributed by atoms with E-state index in [0.717, 1.165) is 13.1 Å². The Morgan fingerprint density at radius 3 is 1.62 bits per heavy atom. The lowest BCUT2D eigenvalue weighted by Crippen LogP contribution is -2.25. The predicted molar refractivity (Wildman–Crippen MR) is 105 cm³/mol. The van der Waals surface area contributed by atoms with Crippen LogP contribution >= 0.6 is 0 Å². The van der Waals surface area contributed by atoms with Crippen molar-refractivity contribution in [3.63, 3.8) is 0 Å². The third-order valence-corrected chi connectivity index (χ3v) is 4.92. The van der Waals surface area contributed by atoms with Gasteiger partial charge in [-0.05, 0) is 36.4 Å². The van der Waals surface area contributed by atoms with Gasteiger partial charge in [-0.25, -0.2) is 9.59 Å². The molecule has 0 unspecified atom stereocenters. The molecule has 0 radical (unpaired) electrons. The number of ether oxygens (including phenoxy) is 2. The molecule has 0 bridgehead atoms. The van der Waals surface area contributed by atoms with Crippen LogP contribution in [0.3, 0.4) is 0 Å². The van der Waals surface area contributed by atoms with E-state index in [1.165, 1.54) is 38.5 Å². The van der Waals surface area contributed by atoms with Gasteiger partial charge in [0.1, 0.15) is 11.5 Å². The molecule has 0 aliphatic carbocycles. The van der Waals surface area contributed by atoms with E-state index >= 15 is 0 Å². The fraction of sp³-hybridized carbons (Fsp3) is 0.333. The summed E-state index contributed by atoms with van der Waals surface area (Å²) in [6.07, 6.45) is 0. The lowest BCUT2D eigenvalue weighted by atomic mass is 10.1. The lowest BCUT2D eigenvalue weighted by Gasteiger charge is -2.19. The molecule has 1 saturated heterocycles. The van der Waals surface area contributed by atoms with E-state index in [1.807, 2.05) is 0 Å². The monoisotopic (exact) mass is 400 g/mol. The normalized spacial score (nSPS) is 14.7. The first-order valence-electron chi connectivity index (χ1n) is 9.16. The Morgan fingerprint density at radius 1 is 0.828 bits per heavy atom. The molecular formula is C21H24N2O6. The van der Waals surface area contributed by atoms with Crippen molar-refractivity contribution in [2.75, 3.05) is 34.0 Å². The van der Waals surface area contributed by atoms with Crippen molar-refractivity contribution < 1.29 is 29.3 Å². The molecule has 1 aliphatic heterocycles. The molecule has 2 aromatic rings. The van der Waals surface area contributed by atoms with Gasteiger partial charge < -0.3 is 19.7 Å². The summed E-state index contributed by atoms with van der Waals surface area (Å²) < 4.78 is 9.46. The van der Waals surface area contributed by atoms with Crippen molar-refractivity contribution in [3.8, 4) is 11.5 Å². The zero-order valence-corrected chi connectivity index (χ0v) is 16.4. The van der Waals surface area contributed by atoms with Crippen LogP contribution in [0, 0.1) is 0 Å². The maximum absolute atomic E-state index is 11.7. The molecule has 2 aromatic carbocycles. The fourth-order valence-electron chi connectivity index (χ4n) is 3.36. The third kappa shape index (κ3) is 4.85. The number of hydrogen-bond acceptors (Lipinski definition) is 8. The molecule has 1 heterocycles. The van der Waals surface area contributed by atoms with Gasteiger partial charge in [0.2, 0.25) is 0 Å². The van der Waals surface area contributed by atoms with E-state index in [0.29, 0.717) is 42.0 Å². The van der Waals surface area contributed by atoms with Crippen molar-refractivity contribution in [1.29, 1.82) is 0 Å². The molecule has 1 aliphatic rings. The van der Waals surface area contributed by atoms with E-state index in [2.05, 4.69) is 9.80 Å². The second kappa shape index (κ2) is 8.93. The Morgan fingerprint density at radius 2 is 1.24 bits per heavy atom. The van der Waals surface area contributed by atoms with Crippen LogP contribution in [-0.4, -0.2) is 65.9 Å². The summed E-state index contributed by atoms with van der Waals surface area (Å²) in [5, 5.41) is 20.2. The Hall–Kier alpha value is -3.10. The number of aromatic hydroxyl groups is 2. The minimum atomic E-state index is -0.449. The first-order valence-corrected chi connectivity index (χ1v) is 9.16. The maximum Gasteiger partial charge on any atom is 0.337 e. The standard InChI is InChI=1S/C21H24N2O6/c1-28-20(26)14-3-5-18(24)16(9-14)11-22-7-8-23(13-22)12-17-10-15(21(27)29-2)4-6-19(17)25/h3-6,9-10,24-25H,7-8,11-13H2,1-2H3. The highest BCUT2D eigenvalue weighted by molar-refractivity contribution is 5.90. The Bertz CT molecular complexity index is 841. The zero-order chi connectivity index (χ0) is 21.0. The average molecular weight is 400 g/mol. The second-order valence-corrected chi connectivity index (χ2v) is 6.92. The van der Waals surface area contributed by atoms with Crippen LogP contribution in [0.15, 0.2) is 36.4 Å². The van der Waals surface area contributed by atoms with Gasteiger partial charge in [0, 0.05) is 37.3 Å². The van der Waals surface area contributed by atoms with E-state index in [1.54, 1.807) is 12.1 Å². The van der Waals surface area contributed by atoms with E-state index in [-0.39, 0.29) is 11.5 Å². The van der Waals surface area contributed by atoms with Crippen molar-refractivity contribution in [2.45, 2.75) is 13.1 Å². The molecule has 8 nitrogen and oxygen atoms in total. The summed E-state index contributed by atoms with van der Waals surface area (Å²) in [7, 11) is 2.63. The second-order valence-electron chi connectivity index (χ2n) is 6.92. The van der Waals surface area contributed by atoms with E-state index in [4.69, 9.17) is 9.47 Å². The number of methoxy groups -OCH3 is 2. The summed E-state index contributed by atoms with van der Waals surface area (Å²) in [5.74, 6) is -0.649. The van der Waals surface area contributed by atoms with E-state index < -0.39 is 11.9 Å². The number of benzene rings is 2. The van der Waals surface area contributed by atoms with Crippen molar-refractivity contribution >= 4 is 11.9 Å². The molecule has 1 fully saturated rings. The number of carbonyl (C=O) groups is 2. The highest BCUT2D eigenvalue weighted by Gasteiger charge is 2.23. The van der Waals surface area contributed by atoms with Gasteiger partial charge in [-0.1, -0.05) is 0 Å². The quantitative estimate of drug-likeness (QED) is 0.710. The minimum Gasteiger partial charge on any atom is -0.508 e. The molecule has 0 atom stereocenters. The molecule has 0 aromatic heterocycles. The number of nitrogens with zero attached hydrogens (tertiary/aromatic N) is 2. The maximum atomic E-state index is 11.7. The minimum absolute atomic E-state index is 0.125. The predicted octanol–water partition coefficient (Wildman–Crippen LogP) is 1.95. The molecule has 8 heteroatoms. The summed E-state index contributed by atoms with van der Waals surface area (Å²) in [6, 6.07) is 9.30. The highest BCUT2D eigenvalue weighted by atomic mass is 16.5. The van der Waals surface area contributed by atoms with Crippen molar-refractivity contribution in [2.24, 2.45) is 0 Å². The smallest absolute Gasteiger partial charge is 0.337 e. The Labute approximate surface area is 168 Å². The molecule has 2 N–H and O–H groups in total. The summed E-state index contributed by atoms with van der Waals surface area (Å²) >= 11 is 0. The van der Waals surface area contributed by atoms with Crippen LogP contribution in [0.25, 0.3) is 0 Å².